The van der Waals surface area contributed by atoms with E-state index in [9.17, 15) is 9.59 Å². The number of primary amides is 1. The molecule has 0 heterocycles. The highest BCUT2D eigenvalue weighted by molar-refractivity contribution is 7.13. The Morgan fingerprint density at radius 3 is 2.30 bits per heavy atom. The topological polar surface area (TPSA) is 92.4 Å². The molecule has 0 aromatic carbocycles. The third-order valence-corrected chi connectivity index (χ3v) is 1.31. The van der Waals surface area contributed by atoms with Gasteiger partial charge in [0.25, 0.3) is 0 Å². The number of rotatable bonds is 4. The number of carbonyl (C=O) groups is 2. The first-order valence-electron chi connectivity index (χ1n) is 2.55. The second-order valence-electron chi connectivity index (χ2n) is 1.73. The van der Waals surface area contributed by atoms with Crippen LogP contribution < -0.4 is 10.8 Å². The van der Waals surface area contributed by atoms with E-state index in [1.54, 1.807) is 0 Å². The van der Waals surface area contributed by atoms with Crippen molar-refractivity contribution in [2.45, 2.75) is 12.5 Å². The molecule has 0 aromatic heterocycles. The molecule has 10 heavy (non-hydrogen) atoms. The number of nitrogens with two attached hydrogens (primary N) is 1. The molecule has 5 nitrogen and oxygen atoms in total. The normalized spacial score (nSPS) is 12.5. The van der Waals surface area contributed by atoms with E-state index in [0.717, 1.165) is 0 Å². The number of amides is 1. The molecule has 0 fully saturated rings. The molecule has 0 saturated heterocycles. The summed E-state index contributed by atoms with van der Waals surface area (Å²) in [5, 5.41) is 10.7. The minimum Gasteiger partial charge on any atom is -0.480 e. The molecule has 0 aliphatic rings. The van der Waals surface area contributed by atoms with Crippen LogP contribution in [0, 0.1) is 0 Å². The summed E-state index contributed by atoms with van der Waals surface area (Å²) in [5.74, 6) is -1.73. The molecule has 2 atom stereocenters. The average Bonchev–Trinajstić information content (AvgIpc) is 1.81. The van der Waals surface area contributed by atoms with Crippen molar-refractivity contribution in [3.8, 4) is 0 Å². The van der Waals surface area contributed by atoms with Crippen molar-refractivity contribution >= 4 is 21.3 Å². The van der Waals surface area contributed by atoms with Crippen LogP contribution in [0.25, 0.3) is 0 Å². The minimum atomic E-state index is -1.09. The molecule has 6 heteroatoms. The van der Waals surface area contributed by atoms with E-state index >= 15 is 0 Å². The predicted octanol–water partition coefficient (Wildman–Crippen LogP) is -1.31. The molecule has 1 amide bonds. The third kappa shape index (κ3) is 3.37. The van der Waals surface area contributed by atoms with Crippen molar-refractivity contribution in [3.63, 3.8) is 0 Å². The summed E-state index contributed by atoms with van der Waals surface area (Å²) in [6, 6.07) is -0.900. The lowest BCUT2D eigenvalue weighted by molar-refractivity contribution is -0.140. The lowest BCUT2D eigenvalue weighted by Gasteiger charge is -2.06. The van der Waals surface area contributed by atoms with Crippen LogP contribution in [0.2, 0.25) is 0 Å². The minimum absolute atomic E-state index is 0.196. The maximum atomic E-state index is 10.2. The number of hydrogen-bond acceptors (Lipinski definition) is 3. The van der Waals surface area contributed by atoms with E-state index in [2.05, 4.69) is 5.09 Å². The Morgan fingerprint density at radius 2 is 2.20 bits per heavy atom. The zero-order valence-electron chi connectivity index (χ0n) is 5.20. The fourth-order valence-corrected chi connectivity index (χ4v) is 0.679. The van der Waals surface area contributed by atoms with Gasteiger partial charge in [-0.25, -0.2) is 0 Å². The third-order valence-electron chi connectivity index (χ3n) is 0.905. The highest BCUT2D eigenvalue weighted by atomic mass is 31.0. The maximum absolute atomic E-state index is 10.2. The summed E-state index contributed by atoms with van der Waals surface area (Å²) in [6.07, 6.45) is -0.196. The number of carboxylic acid groups (broad SMARTS) is 1. The second-order valence-corrected chi connectivity index (χ2v) is 2.06. The van der Waals surface area contributed by atoms with Crippen LogP contribution in [0.5, 0.6) is 0 Å². The molecule has 2 unspecified atom stereocenters. The molecule has 0 saturated carbocycles. The van der Waals surface area contributed by atoms with Gasteiger partial charge in [0.15, 0.2) is 0 Å². The Kier molecular flexibility index (Phi) is 3.91. The largest absolute Gasteiger partial charge is 0.480 e. The van der Waals surface area contributed by atoms with Gasteiger partial charge in [-0.1, -0.05) is 9.39 Å². The van der Waals surface area contributed by atoms with Crippen LogP contribution in [0.4, 0.5) is 0 Å². The van der Waals surface area contributed by atoms with Gasteiger partial charge in [0.05, 0.1) is 6.42 Å². The molecular formula is C4H9N2O3P. The van der Waals surface area contributed by atoms with Crippen LogP contribution in [-0.2, 0) is 9.59 Å². The van der Waals surface area contributed by atoms with Crippen LogP contribution in [0.15, 0.2) is 0 Å². The Bertz CT molecular complexity index is 149. The molecule has 0 aromatic rings. The first-order chi connectivity index (χ1) is 4.57. The average molecular weight is 164 g/mol. The molecule has 0 spiro atoms. The summed E-state index contributed by atoms with van der Waals surface area (Å²) in [4.78, 5) is 20.4. The highest BCUT2D eigenvalue weighted by Gasteiger charge is 2.16. The van der Waals surface area contributed by atoms with E-state index in [-0.39, 0.29) is 6.42 Å². The van der Waals surface area contributed by atoms with Gasteiger partial charge in [0.2, 0.25) is 5.91 Å². The lowest BCUT2D eigenvalue weighted by Crippen LogP contribution is -2.34. The Morgan fingerprint density at radius 1 is 1.70 bits per heavy atom. The summed E-state index contributed by atoms with van der Waals surface area (Å²) >= 11 is 0. The summed E-state index contributed by atoms with van der Waals surface area (Å²) in [6.45, 7) is 0. The van der Waals surface area contributed by atoms with Gasteiger partial charge >= 0.3 is 5.97 Å². The van der Waals surface area contributed by atoms with Crippen LogP contribution in [-0.4, -0.2) is 23.0 Å². The molecule has 0 radical (unpaired) electrons. The van der Waals surface area contributed by atoms with Crippen molar-refractivity contribution in [2.75, 3.05) is 0 Å². The number of carboxylic acids is 1. The van der Waals surface area contributed by atoms with E-state index in [1.807, 2.05) is 9.39 Å². The molecule has 58 valence electrons. The van der Waals surface area contributed by atoms with Crippen LogP contribution in [0.1, 0.15) is 6.42 Å². The second kappa shape index (κ2) is 4.19. The number of hydrogen-bond donors (Lipinski definition) is 3. The maximum Gasteiger partial charge on any atom is 0.321 e. The van der Waals surface area contributed by atoms with Gasteiger partial charge in [-0.2, -0.15) is 0 Å². The van der Waals surface area contributed by atoms with Gasteiger partial charge in [-0.15, -0.1) is 0 Å². The summed E-state index contributed by atoms with van der Waals surface area (Å²) < 4.78 is 0. The quantitative estimate of drug-likeness (QED) is 0.450. The van der Waals surface area contributed by atoms with Gasteiger partial charge < -0.3 is 10.8 Å². The monoisotopic (exact) mass is 164 g/mol. The molecular weight excluding hydrogens is 155 g/mol. The van der Waals surface area contributed by atoms with Gasteiger partial charge in [-0.3, -0.25) is 14.7 Å². The van der Waals surface area contributed by atoms with Crippen molar-refractivity contribution in [3.05, 3.63) is 0 Å². The lowest BCUT2D eigenvalue weighted by atomic mass is 10.2. The summed E-state index contributed by atoms with van der Waals surface area (Å²) in [7, 11) is 2.01. The number of aliphatic carboxylic acids is 1. The van der Waals surface area contributed by atoms with E-state index in [4.69, 9.17) is 10.8 Å². The number of nitrogens with one attached hydrogen (secondary N) is 1. The Hall–Kier alpha value is -0.670. The van der Waals surface area contributed by atoms with Gasteiger partial charge in [-0.05, 0) is 0 Å². The van der Waals surface area contributed by atoms with Crippen molar-refractivity contribution in [1.29, 1.82) is 0 Å². The van der Waals surface area contributed by atoms with Crippen molar-refractivity contribution < 1.29 is 14.7 Å². The first kappa shape index (κ1) is 9.33. The van der Waals surface area contributed by atoms with Gasteiger partial charge in [0, 0.05) is 0 Å². The Labute approximate surface area is 60.2 Å². The SMILES string of the molecule is NC(=O)CC(NP)C(=O)O. The number of carbonyl (C=O) groups excluding carboxylic acids is 1. The van der Waals surface area contributed by atoms with Crippen molar-refractivity contribution in [1.82, 2.24) is 5.09 Å². The summed E-state index contributed by atoms with van der Waals surface area (Å²) in [5.41, 5.74) is 4.76. The smallest absolute Gasteiger partial charge is 0.321 e. The standard InChI is InChI=1S/C4H9N2O3P/c5-3(7)1-2(6-10)4(8)9/h2,6H,1,10H2,(H2,5,7)(H,8,9). The fraction of sp³-hybridized carbons (Fsp3) is 0.500. The molecule has 0 bridgehead atoms. The molecule has 4 N–H and O–H groups in total. The van der Waals surface area contributed by atoms with Crippen LogP contribution >= 0.6 is 9.39 Å². The fourth-order valence-electron chi connectivity index (χ4n) is 0.419. The van der Waals surface area contributed by atoms with E-state index < -0.39 is 17.9 Å². The predicted molar refractivity (Wildman–Crippen MR) is 38.1 cm³/mol. The Balaban J connectivity index is 3.83. The molecule has 0 aliphatic heterocycles. The van der Waals surface area contributed by atoms with E-state index in [1.165, 1.54) is 0 Å². The highest BCUT2D eigenvalue weighted by Crippen LogP contribution is 1.92. The zero-order valence-corrected chi connectivity index (χ0v) is 6.36. The van der Waals surface area contributed by atoms with E-state index in [0.29, 0.717) is 0 Å². The molecule has 0 rings (SSSR count). The van der Waals surface area contributed by atoms with Crippen molar-refractivity contribution in [2.24, 2.45) is 5.73 Å². The van der Waals surface area contributed by atoms with Crippen LogP contribution in [0.3, 0.4) is 0 Å². The zero-order chi connectivity index (χ0) is 8.15. The molecule has 0 aliphatic carbocycles. The first-order valence-corrected chi connectivity index (χ1v) is 3.13. The van der Waals surface area contributed by atoms with Gasteiger partial charge in [0.1, 0.15) is 6.04 Å².